The minimum Gasteiger partial charge on any atom is -0.351 e. The smallest absolute Gasteiger partial charge is 0.246 e. The fourth-order valence-electron chi connectivity index (χ4n) is 2.43. The lowest BCUT2D eigenvalue weighted by atomic mass is 10.2. The van der Waals surface area contributed by atoms with Crippen LogP contribution in [0.2, 0.25) is 0 Å². The summed E-state index contributed by atoms with van der Waals surface area (Å²) < 4.78 is 0. The molecule has 0 bridgehead atoms. The second-order valence-electron chi connectivity index (χ2n) is 5.32. The Morgan fingerprint density at radius 1 is 1.26 bits per heavy atom. The zero-order valence-electron chi connectivity index (χ0n) is 12.9. The van der Waals surface area contributed by atoms with Gasteiger partial charge in [0.25, 0.3) is 0 Å². The fourth-order valence-corrected chi connectivity index (χ4v) is 2.43. The second-order valence-corrected chi connectivity index (χ2v) is 5.32. The number of hydrogen-bond acceptors (Lipinski definition) is 3. The first kappa shape index (κ1) is 16.2. The standard InChI is InChI=1S/C15H29N3O/c1-5-7-13(3)15(19)16-12-14(4)18-10-8-17(6-2)9-11-18/h7,14H,5-6,8-12H2,1-4H3,(H,16,19). The van der Waals surface area contributed by atoms with Crippen LogP contribution in [0.5, 0.6) is 0 Å². The maximum atomic E-state index is 11.8. The Balaban J connectivity index is 2.30. The molecule has 0 aromatic carbocycles. The number of nitrogens with one attached hydrogen (secondary N) is 1. The summed E-state index contributed by atoms with van der Waals surface area (Å²) >= 11 is 0. The summed E-state index contributed by atoms with van der Waals surface area (Å²) in [7, 11) is 0. The first-order valence-corrected chi connectivity index (χ1v) is 7.49. The molecule has 1 aliphatic heterocycles. The van der Waals surface area contributed by atoms with E-state index in [0.717, 1.165) is 51.3 Å². The van der Waals surface area contributed by atoms with Gasteiger partial charge in [-0.2, -0.15) is 0 Å². The summed E-state index contributed by atoms with van der Waals surface area (Å²) in [4.78, 5) is 16.7. The van der Waals surface area contributed by atoms with Gasteiger partial charge in [-0.25, -0.2) is 0 Å². The van der Waals surface area contributed by atoms with Crippen molar-refractivity contribution in [2.45, 2.75) is 40.2 Å². The number of carbonyl (C=O) groups is 1. The lowest BCUT2D eigenvalue weighted by molar-refractivity contribution is -0.117. The summed E-state index contributed by atoms with van der Waals surface area (Å²) in [6.45, 7) is 14.7. The molecule has 0 radical (unpaired) electrons. The van der Waals surface area contributed by atoms with Crippen LogP contribution in [-0.2, 0) is 4.79 Å². The summed E-state index contributed by atoms with van der Waals surface area (Å²) in [5, 5.41) is 3.03. The molecule has 1 amide bonds. The Bertz CT molecular complexity index is 307. The molecule has 110 valence electrons. The van der Waals surface area contributed by atoms with Crippen LogP contribution in [-0.4, -0.2) is 61.0 Å². The minimum atomic E-state index is 0.0703. The number of piperazine rings is 1. The van der Waals surface area contributed by atoms with Gasteiger partial charge >= 0.3 is 0 Å². The molecule has 0 aromatic heterocycles. The quantitative estimate of drug-likeness (QED) is 0.741. The highest BCUT2D eigenvalue weighted by Crippen LogP contribution is 2.05. The monoisotopic (exact) mass is 267 g/mol. The van der Waals surface area contributed by atoms with Crippen molar-refractivity contribution in [1.29, 1.82) is 0 Å². The van der Waals surface area contributed by atoms with E-state index in [1.165, 1.54) is 0 Å². The molecule has 4 heteroatoms. The van der Waals surface area contributed by atoms with E-state index < -0.39 is 0 Å². The van der Waals surface area contributed by atoms with Gasteiger partial charge in [-0.3, -0.25) is 9.69 Å². The van der Waals surface area contributed by atoms with E-state index in [0.29, 0.717) is 6.04 Å². The first-order chi connectivity index (χ1) is 9.08. The molecule has 0 aromatic rings. The predicted octanol–water partition coefficient (Wildman–Crippen LogP) is 1.48. The van der Waals surface area contributed by atoms with Crippen molar-refractivity contribution in [1.82, 2.24) is 15.1 Å². The largest absolute Gasteiger partial charge is 0.351 e. The molecule has 0 aliphatic carbocycles. The first-order valence-electron chi connectivity index (χ1n) is 7.49. The molecular formula is C15H29N3O. The molecule has 19 heavy (non-hydrogen) atoms. The number of allylic oxidation sites excluding steroid dienone is 1. The molecule has 1 aliphatic rings. The van der Waals surface area contributed by atoms with Crippen molar-refractivity contribution in [3.05, 3.63) is 11.6 Å². The molecule has 0 spiro atoms. The summed E-state index contributed by atoms with van der Waals surface area (Å²) in [6.07, 6.45) is 2.88. The van der Waals surface area contributed by atoms with Gasteiger partial charge in [-0.05, 0) is 26.8 Å². The third-order valence-corrected chi connectivity index (χ3v) is 3.90. The Kier molecular flexibility index (Phi) is 7.10. The molecule has 1 atom stereocenters. The van der Waals surface area contributed by atoms with Crippen molar-refractivity contribution in [2.24, 2.45) is 0 Å². The average molecular weight is 267 g/mol. The minimum absolute atomic E-state index is 0.0703. The molecule has 4 nitrogen and oxygen atoms in total. The molecule has 1 N–H and O–H groups in total. The third kappa shape index (κ3) is 5.33. The summed E-state index contributed by atoms with van der Waals surface area (Å²) in [6, 6.07) is 0.414. The highest BCUT2D eigenvalue weighted by atomic mass is 16.1. The van der Waals surface area contributed by atoms with Gasteiger partial charge in [0.05, 0.1) is 0 Å². The van der Waals surface area contributed by atoms with E-state index in [2.05, 4.69) is 29.0 Å². The number of nitrogens with zero attached hydrogens (tertiary/aromatic N) is 2. The van der Waals surface area contributed by atoms with Crippen LogP contribution < -0.4 is 5.32 Å². The zero-order chi connectivity index (χ0) is 14.3. The summed E-state index contributed by atoms with van der Waals surface area (Å²) in [5.41, 5.74) is 0.825. The van der Waals surface area contributed by atoms with E-state index >= 15 is 0 Å². The van der Waals surface area contributed by atoms with E-state index in [-0.39, 0.29) is 5.91 Å². The molecule has 1 fully saturated rings. The summed E-state index contributed by atoms with van der Waals surface area (Å²) in [5.74, 6) is 0.0703. The maximum absolute atomic E-state index is 11.8. The Morgan fingerprint density at radius 2 is 1.89 bits per heavy atom. The molecule has 1 rings (SSSR count). The van der Waals surface area contributed by atoms with Crippen molar-refractivity contribution >= 4 is 5.91 Å². The maximum Gasteiger partial charge on any atom is 0.246 e. The van der Waals surface area contributed by atoms with Crippen LogP contribution in [0.15, 0.2) is 11.6 Å². The van der Waals surface area contributed by atoms with Gasteiger partial charge in [0.1, 0.15) is 0 Å². The topological polar surface area (TPSA) is 35.6 Å². The average Bonchev–Trinajstić information content (AvgIpc) is 2.44. The lowest BCUT2D eigenvalue weighted by Crippen LogP contribution is -2.52. The predicted molar refractivity (Wildman–Crippen MR) is 80.2 cm³/mol. The van der Waals surface area contributed by atoms with Crippen molar-refractivity contribution in [3.8, 4) is 0 Å². The number of carbonyl (C=O) groups excluding carboxylic acids is 1. The van der Waals surface area contributed by atoms with E-state index in [9.17, 15) is 4.79 Å². The number of hydrogen-bond donors (Lipinski definition) is 1. The number of rotatable bonds is 6. The van der Waals surface area contributed by atoms with E-state index in [1.54, 1.807) is 0 Å². The van der Waals surface area contributed by atoms with E-state index in [4.69, 9.17) is 0 Å². The second kappa shape index (κ2) is 8.33. The van der Waals surface area contributed by atoms with Gasteiger partial charge in [0.15, 0.2) is 0 Å². The SMILES string of the molecule is CCC=C(C)C(=O)NCC(C)N1CCN(CC)CC1. The molecule has 1 heterocycles. The molecule has 1 unspecified atom stereocenters. The lowest BCUT2D eigenvalue weighted by Gasteiger charge is -2.37. The van der Waals surface area contributed by atoms with Gasteiger partial charge in [-0.15, -0.1) is 0 Å². The molecular weight excluding hydrogens is 238 g/mol. The third-order valence-electron chi connectivity index (χ3n) is 3.90. The Labute approximate surface area is 117 Å². The van der Waals surface area contributed by atoms with Crippen LogP contribution in [0.4, 0.5) is 0 Å². The van der Waals surface area contributed by atoms with Crippen molar-refractivity contribution < 1.29 is 4.79 Å². The van der Waals surface area contributed by atoms with Crippen LogP contribution in [0.25, 0.3) is 0 Å². The normalized spacial score (nSPS) is 20.3. The van der Waals surface area contributed by atoms with Crippen LogP contribution in [0.1, 0.15) is 34.1 Å². The highest BCUT2D eigenvalue weighted by molar-refractivity contribution is 5.92. The Morgan fingerprint density at radius 3 is 2.42 bits per heavy atom. The fraction of sp³-hybridized carbons (Fsp3) is 0.800. The van der Waals surface area contributed by atoms with Crippen LogP contribution >= 0.6 is 0 Å². The van der Waals surface area contributed by atoms with Gasteiger partial charge < -0.3 is 10.2 Å². The molecule has 0 saturated carbocycles. The van der Waals surface area contributed by atoms with Gasteiger partial charge in [0, 0.05) is 44.3 Å². The number of amides is 1. The highest BCUT2D eigenvalue weighted by Gasteiger charge is 2.20. The van der Waals surface area contributed by atoms with E-state index in [1.807, 2.05) is 19.9 Å². The van der Waals surface area contributed by atoms with Crippen molar-refractivity contribution in [2.75, 3.05) is 39.3 Å². The van der Waals surface area contributed by atoms with Crippen molar-refractivity contribution in [3.63, 3.8) is 0 Å². The van der Waals surface area contributed by atoms with Gasteiger partial charge in [-0.1, -0.05) is 19.9 Å². The van der Waals surface area contributed by atoms with Crippen LogP contribution in [0, 0.1) is 0 Å². The molecule has 1 saturated heterocycles. The zero-order valence-corrected chi connectivity index (χ0v) is 12.9. The van der Waals surface area contributed by atoms with Crippen LogP contribution in [0.3, 0.4) is 0 Å². The van der Waals surface area contributed by atoms with Gasteiger partial charge in [0.2, 0.25) is 5.91 Å². The number of likely N-dealkylation sites (N-methyl/N-ethyl adjacent to an activating group) is 1. The Hall–Kier alpha value is -0.870.